The normalized spacial score (nSPS) is 21.5. The highest BCUT2D eigenvalue weighted by Gasteiger charge is 2.33. The highest BCUT2D eigenvalue weighted by atomic mass is 32.1. The number of phenols is 1. The molecule has 2 saturated heterocycles. The molecule has 3 aliphatic rings. The number of hydrogen-bond donors (Lipinski definition) is 1. The monoisotopic (exact) mass is 596 g/mol. The van der Waals surface area contributed by atoms with Crippen LogP contribution in [0.5, 0.6) is 17.2 Å². The fraction of sp³-hybridized carbons (Fsp3) is 0.459. The molecule has 0 unspecified atom stereocenters. The molecule has 2 atom stereocenters. The molecule has 5 nitrogen and oxygen atoms in total. The molecule has 3 aromatic carbocycles. The first-order valence-electron chi connectivity index (χ1n) is 16.4. The Hall–Kier alpha value is -3.06. The maximum absolute atomic E-state index is 10.2. The van der Waals surface area contributed by atoms with Crippen molar-refractivity contribution in [2.45, 2.75) is 69.9 Å². The van der Waals surface area contributed by atoms with Gasteiger partial charge in [0.15, 0.2) is 0 Å². The summed E-state index contributed by atoms with van der Waals surface area (Å²) in [5, 5.41) is 11.4. The van der Waals surface area contributed by atoms with Crippen molar-refractivity contribution >= 4 is 21.4 Å². The number of phenolic OH excluding ortho intramolecular Hbond substituents is 1. The second-order valence-corrected chi connectivity index (χ2v) is 13.6. The van der Waals surface area contributed by atoms with Gasteiger partial charge < -0.3 is 14.6 Å². The summed E-state index contributed by atoms with van der Waals surface area (Å²) in [5.74, 6) is 2.22. The topological polar surface area (TPSA) is 45.2 Å². The summed E-state index contributed by atoms with van der Waals surface area (Å²) < 4.78 is 13.8. The number of fused-ring (bicyclic) bond motifs is 1. The first-order valence-corrected chi connectivity index (χ1v) is 17.2. The second kappa shape index (κ2) is 13.3. The zero-order valence-corrected chi connectivity index (χ0v) is 26.0. The summed E-state index contributed by atoms with van der Waals surface area (Å²) in [6, 6.07) is 23.7. The smallest absolute Gasteiger partial charge is 0.119 e. The Morgan fingerprint density at radius 3 is 2.28 bits per heavy atom. The third-order valence-corrected chi connectivity index (χ3v) is 10.9. The van der Waals surface area contributed by atoms with Crippen molar-refractivity contribution < 1.29 is 14.6 Å². The maximum atomic E-state index is 10.2. The van der Waals surface area contributed by atoms with Gasteiger partial charge >= 0.3 is 0 Å². The Bertz CT molecular complexity index is 1490. The molecule has 3 heterocycles. The Kier molecular flexibility index (Phi) is 8.87. The molecule has 0 amide bonds. The van der Waals surface area contributed by atoms with Gasteiger partial charge in [-0.25, -0.2) is 0 Å². The minimum Gasteiger partial charge on any atom is -0.508 e. The van der Waals surface area contributed by atoms with Gasteiger partial charge in [0.1, 0.15) is 30.0 Å². The van der Waals surface area contributed by atoms with E-state index < -0.39 is 0 Å². The molecule has 7 rings (SSSR count). The predicted molar refractivity (Wildman–Crippen MR) is 177 cm³/mol. The van der Waals surface area contributed by atoms with Crippen molar-refractivity contribution in [1.82, 2.24) is 9.80 Å². The van der Waals surface area contributed by atoms with Crippen LogP contribution in [0.4, 0.5) is 0 Å². The van der Waals surface area contributed by atoms with Crippen LogP contribution >= 0.6 is 11.3 Å². The lowest BCUT2D eigenvalue weighted by Crippen LogP contribution is -2.46. The van der Waals surface area contributed by atoms with Crippen LogP contribution in [-0.2, 0) is 6.42 Å². The van der Waals surface area contributed by atoms with E-state index in [-0.39, 0.29) is 0 Å². The van der Waals surface area contributed by atoms with Gasteiger partial charge in [-0.1, -0.05) is 18.6 Å². The lowest BCUT2D eigenvalue weighted by molar-refractivity contribution is 0.0485. The van der Waals surface area contributed by atoms with Crippen LogP contribution in [0.1, 0.15) is 62.5 Å². The van der Waals surface area contributed by atoms with Gasteiger partial charge in [0.25, 0.3) is 0 Å². The predicted octanol–water partition coefficient (Wildman–Crippen LogP) is 8.13. The lowest BCUT2D eigenvalue weighted by Gasteiger charge is -2.37. The van der Waals surface area contributed by atoms with Crippen molar-refractivity contribution in [3.05, 3.63) is 77.9 Å². The van der Waals surface area contributed by atoms with E-state index in [4.69, 9.17) is 9.47 Å². The molecular weight excluding hydrogens is 552 g/mol. The van der Waals surface area contributed by atoms with Crippen LogP contribution in [0.2, 0.25) is 0 Å². The third kappa shape index (κ3) is 6.72. The first-order chi connectivity index (χ1) is 21.2. The number of thiophene rings is 1. The maximum Gasteiger partial charge on any atom is 0.119 e. The molecule has 4 aromatic rings. The minimum absolute atomic E-state index is 0.296. The van der Waals surface area contributed by atoms with Gasteiger partial charge in [0.05, 0.1) is 0 Å². The Morgan fingerprint density at radius 2 is 1.49 bits per heavy atom. The van der Waals surface area contributed by atoms with Crippen LogP contribution in [0.3, 0.4) is 0 Å². The van der Waals surface area contributed by atoms with Crippen LogP contribution in [-0.4, -0.2) is 66.4 Å². The molecule has 226 valence electrons. The van der Waals surface area contributed by atoms with Crippen LogP contribution in [0.15, 0.2) is 66.7 Å². The van der Waals surface area contributed by atoms with Crippen molar-refractivity contribution in [3.63, 3.8) is 0 Å². The Morgan fingerprint density at radius 1 is 0.767 bits per heavy atom. The molecule has 1 N–H and O–H groups in total. The van der Waals surface area contributed by atoms with E-state index in [0.717, 1.165) is 42.2 Å². The van der Waals surface area contributed by atoms with Crippen molar-refractivity contribution in [3.8, 4) is 27.7 Å². The van der Waals surface area contributed by atoms with Gasteiger partial charge in [-0.2, -0.15) is 0 Å². The molecule has 43 heavy (non-hydrogen) atoms. The summed E-state index contributed by atoms with van der Waals surface area (Å²) in [5.41, 5.74) is 3.76. The molecule has 3 fully saturated rings. The largest absolute Gasteiger partial charge is 0.508 e. The molecule has 2 aliphatic heterocycles. The van der Waals surface area contributed by atoms with Crippen molar-refractivity contribution in [2.24, 2.45) is 0 Å². The fourth-order valence-corrected chi connectivity index (χ4v) is 8.58. The number of likely N-dealkylation sites (tertiary alicyclic amines) is 2. The molecule has 1 saturated carbocycles. The fourth-order valence-electron chi connectivity index (χ4n) is 7.32. The standard InChI is InChI=1S/C37H44N2O3S/c40-29-13-18-32-33(25-27-9-14-31(15-10-27)42-35-8-2-1-7-34(35)39-21-5-6-22-39)37(43-36(32)26-29)28-11-16-30(17-12-28)41-24-23-38-19-3-4-20-38/h9-18,26,34-35,40H,1-8,19-25H2/t34-,35-/m0/s1. The first kappa shape index (κ1) is 28.7. The van der Waals surface area contributed by atoms with Crippen LogP contribution < -0.4 is 9.47 Å². The van der Waals surface area contributed by atoms with Gasteiger partial charge in [0.2, 0.25) is 0 Å². The van der Waals surface area contributed by atoms with E-state index in [1.165, 1.54) is 98.1 Å². The van der Waals surface area contributed by atoms with E-state index in [0.29, 0.717) is 17.9 Å². The zero-order valence-electron chi connectivity index (χ0n) is 25.2. The van der Waals surface area contributed by atoms with E-state index in [2.05, 4.69) is 64.4 Å². The summed E-state index contributed by atoms with van der Waals surface area (Å²) in [6.45, 7) is 6.57. The van der Waals surface area contributed by atoms with E-state index in [1.54, 1.807) is 17.4 Å². The van der Waals surface area contributed by atoms with Gasteiger partial charge in [-0.15, -0.1) is 11.3 Å². The van der Waals surface area contributed by atoms with Crippen LogP contribution in [0.25, 0.3) is 20.5 Å². The number of aromatic hydroxyl groups is 1. The third-order valence-electron chi connectivity index (χ3n) is 9.64. The number of rotatable bonds is 10. The molecular formula is C37H44N2O3S. The van der Waals surface area contributed by atoms with Crippen molar-refractivity contribution in [2.75, 3.05) is 39.3 Å². The lowest BCUT2D eigenvalue weighted by atomic mass is 9.91. The Labute approximate surface area is 260 Å². The van der Waals surface area contributed by atoms with E-state index in [1.807, 2.05) is 6.07 Å². The summed E-state index contributed by atoms with van der Waals surface area (Å²) in [4.78, 5) is 6.40. The Balaban J connectivity index is 1.07. The van der Waals surface area contributed by atoms with Gasteiger partial charge in [-0.3, -0.25) is 9.80 Å². The summed E-state index contributed by atoms with van der Waals surface area (Å²) in [6.07, 6.45) is 11.4. The minimum atomic E-state index is 0.296. The molecule has 6 heteroatoms. The number of benzene rings is 3. The quantitative estimate of drug-likeness (QED) is 0.200. The SMILES string of the molecule is Oc1ccc2c(Cc3ccc(O[C@H]4CCCC[C@@H]4N4CCCC4)cc3)c(-c3ccc(OCCN4CCCC4)cc3)sc2c1. The molecule has 0 radical (unpaired) electrons. The van der Waals surface area contributed by atoms with Crippen LogP contribution in [0, 0.1) is 0 Å². The highest BCUT2D eigenvalue weighted by Crippen LogP contribution is 2.41. The van der Waals surface area contributed by atoms with E-state index >= 15 is 0 Å². The summed E-state index contributed by atoms with van der Waals surface area (Å²) in [7, 11) is 0. The molecule has 1 aliphatic carbocycles. The van der Waals surface area contributed by atoms with E-state index in [9.17, 15) is 5.11 Å². The number of ether oxygens (including phenoxy) is 2. The second-order valence-electron chi connectivity index (χ2n) is 12.6. The molecule has 1 aromatic heterocycles. The molecule has 0 bridgehead atoms. The van der Waals surface area contributed by atoms with Crippen molar-refractivity contribution in [1.29, 1.82) is 0 Å². The molecule has 0 spiro atoms. The highest BCUT2D eigenvalue weighted by molar-refractivity contribution is 7.22. The van der Waals surface area contributed by atoms with Gasteiger partial charge in [0, 0.05) is 22.2 Å². The number of nitrogens with zero attached hydrogens (tertiary/aromatic N) is 2. The van der Waals surface area contributed by atoms with Gasteiger partial charge in [-0.05, 0) is 154 Å². The average Bonchev–Trinajstić information content (AvgIpc) is 3.82. The summed E-state index contributed by atoms with van der Waals surface area (Å²) >= 11 is 1.75. The number of hydrogen-bond acceptors (Lipinski definition) is 6. The zero-order chi connectivity index (χ0) is 29.0. The average molecular weight is 597 g/mol.